The molecule has 1 aromatic rings. The first kappa shape index (κ1) is 15.1. The first-order valence-electron chi connectivity index (χ1n) is 7.79. The molecule has 2 aliphatic heterocycles. The molecular weight excluding hydrogens is 332 g/mol. The van der Waals surface area contributed by atoms with E-state index in [4.69, 9.17) is 15.2 Å². The van der Waals surface area contributed by atoms with Gasteiger partial charge in [0.25, 0.3) is 0 Å². The molecule has 0 saturated carbocycles. The minimum absolute atomic E-state index is 0.254. The van der Waals surface area contributed by atoms with E-state index >= 15 is 0 Å². The molecule has 2 N–H and O–H groups in total. The van der Waals surface area contributed by atoms with Gasteiger partial charge < -0.3 is 15.2 Å². The number of fused-ring (bicyclic) bond motifs is 1. The fourth-order valence-corrected chi connectivity index (χ4v) is 4.07. The number of nitrogens with two attached hydrogens (primary N) is 1. The molecule has 21 heavy (non-hydrogen) atoms. The fourth-order valence-electron chi connectivity index (χ4n) is 3.49. The molecule has 1 saturated heterocycles. The molecule has 1 fully saturated rings. The number of ether oxygens (including phenoxy) is 2. The predicted molar refractivity (Wildman–Crippen MR) is 86.9 cm³/mol. The Bertz CT molecular complexity index is 509. The van der Waals surface area contributed by atoms with Crippen LogP contribution in [0.15, 0.2) is 16.6 Å². The number of halogens is 1. The third-order valence-corrected chi connectivity index (χ3v) is 5.11. The van der Waals surface area contributed by atoms with Crippen molar-refractivity contribution < 1.29 is 9.47 Å². The van der Waals surface area contributed by atoms with Gasteiger partial charge in [0.05, 0.1) is 4.47 Å². The number of hydrogen-bond acceptors (Lipinski definition) is 4. The molecular formula is C16H23BrN2O2. The molecule has 0 bridgehead atoms. The van der Waals surface area contributed by atoms with Gasteiger partial charge in [0, 0.05) is 18.6 Å². The van der Waals surface area contributed by atoms with Crippen LogP contribution in [-0.4, -0.2) is 37.2 Å². The van der Waals surface area contributed by atoms with Crippen molar-refractivity contribution in [3.8, 4) is 11.5 Å². The number of likely N-dealkylation sites (tertiary alicyclic amines) is 1. The lowest BCUT2D eigenvalue weighted by molar-refractivity contribution is 0.165. The normalized spacial score (nSPS) is 23.3. The highest BCUT2D eigenvalue weighted by Crippen LogP contribution is 2.41. The van der Waals surface area contributed by atoms with E-state index < -0.39 is 0 Å². The van der Waals surface area contributed by atoms with Crippen LogP contribution in [0, 0.1) is 0 Å². The second-order valence-corrected chi connectivity index (χ2v) is 6.57. The minimum Gasteiger partial charge on any atom is -0.486 e. The number of hydrogen-bond donors (Lipinski definition) is 1. The Hall–Kier alpha value is -0.780. The average Bonchev–Trinajstić information content (AvgIpc) is 2.96. The predicted octanol–water partition coefficient (Wildman–Crippen LogP) is 3.09. The second-order valence-electron chi connectivity index (χ2n) is 5.72. The zero-order valence-electron chi connectivity index (χ0n) is 12.5. The molecule has 0 aromatic heterocycles. The summed E-state index contributed by atoms with van der Waals surface area (Å²) in [5, 5.41) is 0. The van der Waals surface area contributed by atoms with E-state index in [1.807, 2.05) is 0 Å². The van der Waals surface area contributed by atoms with Crippen molar-refractivity contribution in [2.75, 3.05) is 26.3 Å². The summed E-state index contributed by atoms with van der Waals surface area (Å²) < 4.78 is 12.4. The van der Waals surface area contributed by atoms with Gasteiger partial charge in [0.1, 0.15) is 13.2 Å². The van der Waals surface area contributed by atoms with Crippen LogP contribution in [-0.2, 0) is 0 Å². The summed E-state index contributed by atoms with van der Waals surface area (Å²) in [6, 6.07) is 5.13. The molecule has 5 heteroatoms. The highest BCUT2D eigenvalue weighted by Gasteiger charge is 2.31. The van der Waals surface area contributed by atoms with Gasteiger partial charge in [-0.25, -0.2) is 0 Å². The summed E-state index contributed by atoms with van der Waals surface area (Å²) in [6.07, 6.45) is 3.72. The maximum Gasteiger partial charge on any atom is 0.175 e. The summed E-state index contributed by atoms with van der Waals surface area (Å²) in [5.74, 6) is 1.64. The van der Waals surface area contributed by atoms with Crippen molar-refractivity contribution in [1.82, 2.24) is 4.90 Å². The van der Waals surface area contributed by atoms with Crippen molar-refractivity contribution in [2.45, 2.75) is 38.3 Å². The SMILES string of the molecule is CCC1CCCN1C(CN)c1cc(Br)c2c(c1)OCCO2. The molecule has 116 valence electrons. The maximum absolute atomic E-state index is 6.10. The Balaban J connectivity index is 1.92. The van der Waals surface area contributed by atoms with Crippen molar-refractivity contribution in [3.63, 3.8) is 0 Å². The van der Waals surface area contributed by atoms with E-state index in [0.717, 1.165) is 22.5 Å². The quantitative estimate of drug-likeness (QED) is 0.902. The van der Waals surface area contributed by atoms with Gasteiger partial charge in [0.15, 0.2) is 11.5 Å². The summed E-state index contributed by atoms with van der Waals surface area (Å²) in [6.45, 7) is 5.23. The van der Waals surface area contributed by atoms with E-state index in [2.05, 4.69) is 39.9 Å². The number of nitrogens with zero attached hydrogens (tertiary/aromatic N) is 1. The van der Waals surface area contributed by atoms with E-state index in [0.29, 0.717) is 25.8 Å². The van der Waals surface area contributed by atoms with E-state index in [-0.39, 0.29) is 6.04 Å². The van der Waals surface area contributed by atoms with E-state index in [1.54, 1.807) is 0 Å². The first-order chi connectivity index (χ1) is 10.2. The summed E-state index contributed by atoms with van der Waals surface area (Å²) in [4.78, 5) is 2.55. The van der Waals surface area contributed by atoms with Crippen molar-refractivity contribution in [3.05, 3.63) is 22.2 Å². The Morgan fingerprint density at radius 3 is 2.95 bits per heavy atom. The van der Waals surface area contributed by atoms with Gasteiger partial charge >= 0.3 is 0 Å². The van der Waals surface area contributed by atoms with Gasteiger partial charge in [0.2, 0.25) is 0 Å². The van der Waals surface area contributed by atoms with Gasteiger partial charge in [-0.3, -0.25) is 4.90 Å². The lowest BCUT2D eigenvalue weighted by Gasteiger charge is -2.33. The van der Waals surface area contributed by atoms with Gasteiger partial charge in [-0.05, 0) is 59.4 Å². The molecule has 0 spiro atoms. The zero-order chi connectivity index (χ0) is 14.8. The highest BCUT2D eigenvalue weighted by atomic mass is 79.9. The van der Waals surface area contributed by atoms with E-state index in [1.165, 1.54) is 24.8 Å². The van der Waals surface area contributed by atoms with E-state index in [9.17, 15) is 0 Å². The number of rotatable bonds is 4. The first-order valence-corrected chi connectivity index (χ1v) is 8.58. The molecule has 1 aromatic carbocycles. The summed E-state index contributed by atoms with van der Waals surface area (Å²) >= 11 is 3.61. The highest BCUT2D eigenvalue weighted by molar-refractivity contribution is 9.10. The zero-order valence-corrected chi connectivity index (χ0v) is 14.1. The smallest absolute Gasteiger partial charge is 0.175 e. The Labute approximate surface area is 134 Å². The summed E-state index contributed by atoms with van der Waals surface area (Å²) in [5.41, 5.74) is 7.32. The molecule has 0 radical (unpaired) electrons. The van der Waals surface area contributed by atoms with Gasteiger partial charge in [-0.15, -0.1) is 0 Å². The lowest BCUT2D eigenvalue weighted by atomic mass is 10.0. The fraction of sp³-hybridized carbons (Fsp3) is 0.625. The largest absolute Gasteiger partial charge is 0.486 e. The van der Waals surface area contributed by atoms with Crippen LogP contribution >= 0.6 is 15.9 Å². The van der Waals surface area contributed by atoms with Crippen LogP contribution in [0.1, 0.15) is 37.8 Å². The van der Waals surface area contributed by atoms with Gasteiger partial charge in [-0.1, -0.05) is 6.92 Å². The Kier molecular flexibility index (Phi) is 4.72. The third kappa shape index (κ3) is 2.91. The molecule has 3 rings (SSSR count). The standard InChI is InChI=1S/C16H23BrN2O2/c1-2-12-4-3-5-19(12)14(10-18)11-8-13(17)16-15(9-11)20-6-7-21-16/h8-9,12,14H,2-7,10,18H2,1H3. The van der Waals surface area contributed by atoms with Crippen LogP contribution in [0.25, 0.3) is 0 Å². The topological polar surface area (TPSA) is 47.7 Å². The monoisotopic (exact) mass is 354 g/mol. The van der Waals surface area contributed by atoms with Crippen LogP contribution in [0.5, 0.6) is 11.5 Å². The molecule has 0 amide bonds. The molecule has 2 heterocycles. The summed E-state index contributed by atoms with van der Waals surface area (Å²) in [7, 11) is 0. The minimum atomic E-state index is 0.254. The molecule has 0 aliphatic carbocycles. The maximum atomic E-state index is 6.10. The Morgan fingerprint density at radius 2 is 2.19 bits per heavy atom. The van der Waals surface area contributed by atoms with Crippen molar-refractivity contribution in [1.29, 1.82) is 0 Å². The average molecular weight is 355 g/mol. The van der Waals surface area contributed by atoms with Gasteiger partial charge in [-0.2, -0.15) is 0 Å². The van der Waals surface area contributed by atoms with Crippen LogP contribution in [0.2, 0.25) is 0 Å². The molecule has 2 atom stereocenters. The van der Waals surface area contributed by atoms with Crippen LogP contribution < -0.4 is 15.2 Å². The lowest BCUT2D eigenvalue weighted by Crippen LogP contribution is -2.37. The molecule has 2 unspecified atom stereocenters. The Morgan fingerprint density at radius 1 is 1.38 bits per heavy atom. The molecule has 2 aliphatic rings. The van der Waals surface area contributed by atoms with Crippen LogP contribution in [0.3, 0.4) is 0 Å². The van der Waals surface area contributed by atoms with Crippen LogP contribution in [0.4, 0.5) is 0 Å². The second kappa shape index (κ2) is 6.55. The third-order valence-electron chi connectivity index (χ3n) is 4.52. The van der Waals surface area contributed by atoms with Crippen molar-refractivity contribution >= 4 is 15.9 Å². The van der Waals surface area contributed by atoms with Crippen molar-refractivity contribution in [2.24, 2.45) is 5.73 Å². The number of benzene rings is 1. The molecule has 4 nitrogen and oxygen atoms in total.